The van der Waals surface area contributed by atoms with E-state index in [-0.39, 0.29) is 59.7 Å². The van der Waals surface area contributed by atoms with E-state index in [9.17, 15) is 14.4 Å². The van der Waals surface area contributed by atoms with Gasteiger partial charge >= 0.3 is 0 Å². The number of rotatable bonds is 5. The molecule has 3 N–H and O–H groups in total. The second kappa shape index (κ2) is 11.2. The summed E-state index contributed by atoms with van der Waals surface area (Å²) in [4.78, 5) is 47.8. The fourth-order valence-electron chi connectivity index (χ4n) is 10.7. The summed E-state index contributed by atoms with van der Waals surface area (Å²) in [6.45, 7) is 4.70. The van der Waals surface area contributed by atoms with E-state index in [1.807, 2.05) is 6.20 Å². The number of halogens is 1. The van der Waals surface area contributed by atoms with Crippen LogP contribution in [0.5, 0.6) is 0 Å². The molecule has 0 aromatic heterocycles. The summed E-state index contributed by atoms with van der Waals surface area (Å²) in [5.41, 5.74) is 6.30. The van der Waals surface area contributed by atoms with Crippen LogP contribution in [0.2, 0.25) is 0 Å². The van der Waals surface area contributed by atoms with Crippen LogP contribution in [-0.4, -0.2) is 114 Å². The minimum absolute atomic E-state index is 0.00984. The first kappa shape index (κ1) is 28.6. The fraction of sp³-hybridized carbons (Fsp3) is 0.848. The summed E-state index contributed by atoms with van der Waals surface area (Å²) in [6.07, 6.45) is 9.02. The maximum atomic E-state index is 16.2. The summed E-state index contributed by atoms with van der Waals surface area (Å²) < 4.78 is 23.1. The zero-order valence-electron chi connectivity index (χ0n) is 25.2. The van der Waals surface area contributed by atoms with Crippen LogP contribution in [-0.2, 0) is 19.1 Å². The maximum absolute atomic E-state index is 16.2. The van der Waals surface area contributed by atoms with Crippen molar-refractivity contribution < 1.29 is 23.5 Å². The Kier molecular flexibility index (Phi) is 7.43. The molecule has 4 aliphatic heterocycles. The number of hydrogen-bond donors (Lipinski definition) is 2. The smallest absolute Gasteiger partial charge is 0.259 e. The summed E-state index contributed by atoms with van der Waals surface area (Å²) in [6, 6.07) is -0.930. The SMILES string of the molecule is N[C@H]1CCN(C(=O)C2=CN3C4CC5C(CC4OC4C(NCCN6CCCC6)C(F)CC(C2=O)C43)C(=O)C2CCCCC25)C1. The van der Waals surface area contributed by atoms with Gasteiger partial charge in [-0.2, -0.15) is 0 Å². The zero-order valence-corrected chi connectivity index (χ0v) is 25.2. The predicted octanol–water partition coefficient (Wildman–Crippen LogP) is 1.65. The maximum Gasteiger partial charge on any atom is 0.259 e. The number of carbonyl (C=O) groups is 3. The molecule has 4 aliphatic carbocycles. The lowest BCUT2D eigenvalue weighted by atomic mass is 9.66. The van der Waals surface area contributed by atoms with Crippen LogP contribution in [0.3, 0.4) is 0 Å². The highest BCUT2D eigenvalue weighted by Crippen LogP contribution is 2.56. The predicted molar refractivity (Wildman–Crippen MR) is 157 cm³/mol. The minimum atomic E-state index is -1.26. The number of fused-ring (bicyclic) bond motifs is 5. The highest BCUT2D eigenvalue weighted by atomic mass is 19.1. The first-order valence-corrected chi connectivity index (χ1v) is 17.3. The Balaban J connectivity index is 1.11. The normalized spacial score (nSPS) is 45.9. The van der Waals surface area contributed by atoms with Crippen molar-refractivity contribution in [2.24, 2.45) is 35.3 Å². The number of ketones is 2. The molecule has 7 fully saturated rings. The van der Waals surface area contributed by atoms with Gasteiger partial charge in [-0.05, 0) is 76.3 Å². The van der Waals surface area contributed by atoms with Crippen molar-refractivity contribution in [2.45, 2.75) is 107 Å². The molecule has 8 aliphatic rings. The monoisotopic (exact) mass is 597 g/mol. The van der Waals surface area contributed by atoms with Crippen LogP contribution in [0.15, 0.2) is 11.8 Å². The van der Waals surface area contributed by atoms with E-state index in [1.165, 1.54) is 19.3 Å². The number of morpholine rings is 1. The number of likely N-dealkylation sites (tertiary alicyclic amines) is 2. The molecule has 8 rings (SSSR count). The van der Waals surface area contributed by atoms with E-state index < -0.39 is 24.2 Å². The molecule has 3 saturated heterocycles. The molecule has 10 heteroatoms. The van der Waals surface area contributed by atoms with Gasteiger partial charge in [0.1, 0.15) is 12.0 Å². The molecule has 0 bridgehead atoms. The largest absolute Gasteiger partial charge is 0.369 e. The summed E-state index contributed by atoms with van der Waals surface area (Å²) in [7, 11) is 0. The third-order valence-electron chi connectivity index (χ3n) is 12.7. The van der Waals surface area contributed by atoms with Gasteiger partial charge in [-0.1, -0.05) is 12.8 Å². The molecule has 4 saturated carbocycles. The molecule has 43 heavy (non-hydrogen) atoms. The molecule has 9 nitrogen and oxygen atoms in total. The Morgan fingerprint density at radius 1 is 0.977 bits per heavy atom. The lowest BCUT2D eigenvalue weighted by Gasteiger charge is -2.60. The van der Waals surface area contributed by atoms with Crippen molar-refractivity contribution >= 4 is 17.5 Å². The average Bonchev–Trinajstić information content (AvgIpc) is 3.75. The van der Waals surface area contributed by atoms with Crippen molar-refractivity contribution in [1.29, 1.82) is 0 Å². The second-order valence-corrected chi connectivity index (χ2v) is 14.9. The Bertz CT molecular complexity index is 1180. The van der Waals surface area contributed by atoms with E-state index in [0.29, 0.717) is 43.7 Å². The number of ether oxygens (including phenoxy) is 1. The van der Waals surface area contributed by atoms with Gasteiger partial charge in [0.25, 0.3) is 5.91 Å². The number of nitrogens with zero attached hydrogens (tertiary/aromatic N) is 3. The second-order valence-electron chi connectivity index (χ2n) is 14.9. The molecule has 0 radical (unpaired) electrons. The highest BCUT2D eigenvalue weighted by Gasteiger charge is 2.62. The lowest BCUT2D eigenvalue weighted by molar-refractivity contribution is -0.206. The topological polar surface area (TPSA) is 108 Å². The third-order valence-corrected chi connectivity index (χ3v) is 12.7. The van der Waals surface area contributed by atoms with Crippen molar-refractivity contribution in [3.05, 3.63) is 11.8 Å². The lowest BCUT2D eigenvalue weighted by Crippen LogP contribution is -2.73. The van der Waals surface area contributed by atoms with Gasteiger partial charge < -0.3 is 30.5 Å². The van der Waals surface area contributed by atoms with Crippen LogP contribution in [0, 0.1) is 29.6 Å². The molecule has 0 spiro atoms. The quantitative estimate of drug-likeness (QED) is 0.461. The zero-order chi connectivity index (χ0) is 29.4. The molecule has 12 atom stereocenters. The molecule has 1 amide bonds. The average molecular weight is 598 g/mol. The van der Waals surface area contributed by atoms with Gasteiger partial charge in [-0.25, -0.2) is 4.39 Å². The first-order chi connectivity index (χ1) is 20.9. The molecule has 11 unspecified atom stereocenters. The van der Waals surface area contributed by atoms with Crippen LogP contribution < -0.4 is 11.1 Å². The van der Waals surface area contributed by atoms with Gasteiger partial charge in [0.05, 0.1) is 35.9 Å². The van der Waals surface area contributed by atoms with E-state index in [4.69, 9.17) is 10.5 Å². The van der Waals surface area contributed by atoms with Crippen LogP contribution in [0.1, 0.15) is 64.2 Å². The molecule has 0 aromatic carbocycles. The Hall–Kier alpha value is -1.88. The van der Waals surface area contributed by atoms with Gasteiger partial charge in [0, 0.05) is 56.2 Å². The first-order valence-electron chi connectivity index (χ1n) is 17.3. The number of amides is 1. The van der Waals surface area contributed by atoms with Crippen LogP contribution in [0.4, 0.5) is 4.39 Å². The number of alkyl halides is 1. The molecular formula is C33H48FN5O4. The highest BCUT2D eigenvalue weighted by molar-refractivity contribution is 6.20. The summed E-state index contributed by atoms with van der Waals surface area (Å²) in [5.74, 6) is 0.233. The van der Waals surface area contributed by atoms with E-state index in [2.05, 4.69) is 15.1 Å². The number of hydrogen-bond acceptors (Lipinski definition) is 8. The number of carbonyl (C=O) groups excluding carboxylic acids is 3. The number of nitrogens with two attached hydrogens (primary N) is 1. The van der Waals surface area contributed by atoms with E-state index in [1.54, 1.807) is 4.90 Å². The van der Waals surface area contributed by atoms with Gasteiger partial charge in [-0.3, -0.25) is 14.4 Å². The van der Waals surface area contributed by atoms with Gasteiger partial charge in [0.2, 0.25) is 0 Å². The van der Waals surface area contributed by atoms with Crippen molar-refractivity contribution in [3.8, 4) is 0 Å². The summed E-state index contributed by atoms with van der Waals surface area (Å²) >= 11 is 0. The van der Waals surface area contributed by atoms with Gasteiger partial charge in [0.15, 0.2) is 5.78 Å². The van der Waals surface area contributed by atoms with Crippen LogP contribution >= 0.6 is 0 Å². The van der Waals surface area contributed by atoms with Gasteiger partial charge in [-0.15, -0.1) is 0 Å². The molecule has 0 aromatic rings. The fourth-order valence-corrected chi connectivity index (χ4v) is 10.7. The minimum Gasteiger partial charge on any atom is -0.369 e. The van der Waals surface area contributed by atoms with Crippen LogP contribution in [0.25, 0.3) is 0 Å². The number of Topliss-reactive ketones (excluding diaryl/α,β-unsaturated/α-hetero) is 2. The van der Waals surface area contributed by atoms with Crippen molar-refractivity contribution in [2.75, 3.05) is 39.3 Å². The van der Waals surface area contributed by atoms with E-state index in [0.717, 1.165) is 51.7 Å². The Morgan fingerprint density at radius 3 is 2.58 bits per heavy atom. The molecule has 236 valence electrons. The summed E-state index contributed by atoms with van der Waals surface area (Å²) in [5, 5.41) is 3.52. The molecule has 4 heterocycles. The standard InChI is InChI=1S/C33H48FN5O4/c34-25-13-23-29-32(28(25)36-8-12-37-9-3-4-10-37)43-27-15-22-21(19-5-1-2-6-20(19)30(22)40)14-26(27)39(29)17-24(31(23)41)33(42)38-11-7-18(35)16-38/h17-23,25-29,32,36H,1-16,35H2/t18-,19?,20?,21?,22?,23?,25?,26?,27?,28?,29?,32?/m0/s1. The van der Waals surface area contributed by atoms with Crippen molar-refractivity contribution in [3.63, 3.8) is 0 Å². The third kappa shape index (κ3) is 4.72. The Labute approximate surface area is 254 Å². The number of nitrogens with one attached hydrogen (secondary N) is 1. The Morgan fingerprint density at radius 2 is 1.79 bits per heavy atom. The van der Waals surface area contributed by atoms with E-state index >= 15 is 4.39 Å². The molecular weight excluding hydrogens is 549 g/mol. The van der Waals surface area contributed by atoms with Crippen molar-refractivity contribution in [1.82, 2.24) is 20.0 Å².